The maximum absolute atomic E-state index is 12.7. The van der Waals surface area contributed by atoms with Crippen LogP contribution in [-0.2, 0) is 6.54 Å². The summed E-state index contributed by atoms with van der Waals surface area (Å²) in [6.45, 7) is 6.60. The van der Waals surface area contributed by atoms with E-state index in [0.29, 0.717) is 35.1 Å². The molecule has 0 saturated heterocycles. The predicted molar refractivity (Wildman–Crippen MR) is 146 cm³/mol. The Morgan fingerprint density at radius 2 is 1.75 bits per heavy atom. The molecule has 0 fully saturated rings. The summed E-state index contributed by atoms with van der Waals surface area (Å²) in [5.74, 6) is 0.596. The molecular weight excluding hydrogens is 448 g/mol. The Kier molecular flexibility index (Phi) is 7.70. The first-order valence-electron chi connectivity index (χ1n) is 11.9. The smallest absolute Gasteiger partial charge is 0.251 e. The topological polar surface area (TPSA) is 105 Å². The van der Waals surface area contributed by atoms with Crippen molar-refractivity contribution in [3.8, 4) is 11.3 Å². The number of aromatic nitrogens is 2. The molecule has 0 aliphatic carbocycles. The van der Waals surface area contributed by atoms with Crippen molar-refractivity contribution in [2.75, 3.05) is 11.2 Å². The number of carbonyl (C=O) groups is 1. The molecule has 0 aliphatic heterocycles. The van der Waals surface area contributed by atoms with Gasteiger partial charge in [-0.15, -0.1) is 0 Å². The molecule has 0 spiro atoms. The molecule has 4 rings (SSSR count). The summed E-state index contributed by atoms with van der Waals surface area (Å²) in [6, 6.07) is 25.2. The van der Waals surface area contributed by atoms with Crippen LogP contribution in [0.25, 0.3) is 11.3 Å². The van der Waals surface area contributed by atoms with Gasteiger partial charge in [-0.1, -0.05) is 68.4 Å². The maximum atomic E-state index is 12.7. The molecule has 0 aliphatic rings. The number of nitrogens with two attached hydrogens (primary N) is 1. The van der Waals surface area contributed by atoms with Crippen molar-refractivity contribution in [3.63, 3.8) is 0 Å². The summed E-state index contributed by atoms with van der Waals surface area (Å²) < 4.78 is 0. The van der Waals surface area contributed by atoms with Crippen molar-refractivity contribution < 1.29 is 4.79 Å². The average Bonchev–Trinajstić information content (AvgIpc) is 2.91. The Bertz CT molecular complexity index is 1360. The molecule has 4 aromatic rings. The lowest BCUT2D eigenvalue weighted by molar-refractivity contribution is 0.0951. The molecule has 1 amide bonds. The normalized spacial score (nSPS) is 11.4. The third-order valence-corrected chi connectivity index (χ3v) is 5.79. The Balaban J connectivity index is 1.50. The van der Waals surface area contributed by atoms with Crippen molar-refractivity contribution in [1.29, 1.82) is 0 Å². The third kappa shape index (κ3) is 6.13. The minimum absolute atomic E-state index is 0.158. The zero-order valence-electron chi connectivity index (χ0n) is 20.7. The Morgan fingerprint density at radius 1 is 1.00 bits per heavy atom. The fraction of sp³-hybridized carbons (Fsp3) is 0.172. The van der Waals surface area contributed by atoms with E-state index in [1.807, 2.05) is 61.5 Å². The van der Waals surface area contributed by atoms with Crippen molar-refractivity contribution >= 4 is 23.1 Å². The largest absolute Gasteiger partial charge is 0.382 e. The van der Waals surface area contributed by atoms with Crippen LogP contribution in [0.2, 0.25) is 0 Å². The zero-order valence-corrected chi connectivity index (χ0v) is 20.7. The number of anilines is 2. The van der Waals surface area contributed by atoms with Gasteiger partial charge in [-0.3, -0.25) is 10.2 Å². The zero-order chi connectivity index (χ0) is 25.5. The molecule has 7 heteroatoms. The fourth-order valence-electron chi connectivity index (χ4n) is 3.65. The second-order valence-corrected chi connectivity index (χ2v) is 8.82. The highest BCUT2D eigenvalue weighted by molar-refractivity contribution is 6.01. The van der Waals surface area contributed by atoms with Crippen LogP contribution in [0, 0.1) is 0 Å². The second-order valence-electron chi connectivity index (χ2n) is 8.82. The standard InChI is InChI=1S/C29H30N6O/c1-19(2)22-12-14-25(15-13-22)35-34-20(3)27-28(30)31-18-26(33-27)23-10-7-11-24(16-23)29(36)32-17-21-8-5-4-6-9-21/h4-16,18-19,35H,17H2,1-3H3,(H2,30,31)(H,32,36). The molecule has 1 aromatic heterocycles. The van der Waals surface area contributed by atoms with E-state index in [1.54, 1.807) is 18.3 Å². The van der Waals surface area contributed by atoms with E-state index in [0.717, 1.165) is 16.8 Å². The predicted octanol–water partition coefficient (Wildman–Crippen LogP) is 5.62. The molecule has 0 saturated carbocycles. The van der Waals surface area contributed by atoms with Gasteiger partial charge >= 0.3 is 0 Å². The van der Waals surface area contributed by atoms with E-state index in [2.05, 4.69) is 46.8 Å². The van der Waals surface area contributed by atoms with Gasteiger partial charge in [0.05, 0.1) is 23.3 Å². The number of benzene rings is 3. The molecule has 1 heterocycles. The molecule has 0 unspecified atom stereocenters. The van der Waals surface area contributed by atoms with Gasteiger partial charge < -0.3 is 11.1 Å². The summed E-state index contributed by atoms with van der Waals surface area (Å²) in [4.78, 5) is 21.7. The number of amides is 1. The molecule has 182 valence electrons. The highest BCUT2D eigenvalue weighted by Crippen LogP contribution is 2.21. The quantitative estimate of drug-likeness (QED) is 0.225. The molecule has 0 atom stereocenters. The molecule has 0 bridgehead atoms. The summed E-state index contributed by atoms with van der Waals surface area (Å²) in [5, 5.41) is 7.41. The summed E-state index contributed by atoms with van der Waals surface area (Å²) >= 11 is 0. The minimum atomic E-state index is -0.158. The molecular formula is C29H30N6O. The van der Waals surface area contributed by atoms with Gasteiger partial charge in [0.1, 0.15) is 5.69 Å². The number of hydrogen-bond acceptors (Lipinski definition) is 6. The molecule has 7 nitrogen and oxygen atoms in total. The summed E-state index contributed by atoms with van der Waals surface area (Å²) in [6.07, 6.45) is 1.60. The van der Waals surface area contributed by atoms with Gasteiger partial charge in [-0.25, -0.2) is 9.97 Å². The van der Waals surface area contributed by atoms with Crippen LogP contribution in [0.15, 0.2) is 90.2 Å². The van der Waals surface area contributed by atoms with Crippen LogP contribution in [0.4, 0.5) is 11.5 Å². The van der Waals surface area contributed by atoms with E-state index in [9.17, 15) is 4.79 Å². The Morgan fingerprint density at radius 3 is 2.47 bits per heavy atom. The monoisotopic (exact) mass is 478 g/mol. The van der Waals surface area contributed by atoms with E-state index in [-0.39, 0.29) is 11.7 Å². The van der Waals surface area contributed by atoms with Gasteiger partial charge in [0.2, 0.25) is 0 Å². The van der Waals surface area contributed by atoms with Crippen molar-refractivity contribution in [3.05, 3.63) is 107 Å². The van der Waals surface area contributed by atoms with Gasteiger partial charge in [0.15, 0.2) is 5.82 Å². The summed E-state index contributed by atoms with van der Waals surface area (Å²) in [7, 11) is 0. The number of nitrogen functional groups attached to an aromatic ring is 1. The van der Waals surface area contributed by atoms with Crippen molar-refractivity contribution in [1.82, 2.24) is 15.3 Å². The van der Waals surface area contributed by atoms with Gasteiger partial charge in [0.25, 0.3) is 5.91 Å². The number of nitrogens with one attached hydrogen (secondary N) is 2. The van der Waals surface area contributed by atoms with Crippen LogP contribution in [-0.4, -0.2) is 21.6 Å². The van der Waals surface area contributed by atoms with E-state index >= 15 is 0 Å². The van der Waals surface area contributed by atoms with Gasteiger partial charge in [-0.2, -0.15) is 5.10 Å². The van der Waals surface area contributed by atoms with Gasteiger partial charge in [0, 0.05) is 17.7 Å². The van der Waals surface area contributed by atoms with E-state index in [1.165, 1.54) is 5.56 Å². The highest BCUT2D eigenvalue weighted by Gasteiger charge is 2.12. The van der Waals surface area contributed by atoms with Crippen LogP contribution in [0.3, 0.4) is 0 Å². The number of carbonyl (C=O) groups excluding carboxylic acids is 1. The first kappa shape index (κ1) is 24.6. The number of hydrazone groups is 1. The molecule has 4 N–H and O–H groups in total. The maximum Gasteiger partial charge on any atom is 0.251 e. The number of hydrogen-bond donors (Lipinski definition) is 3. The first-order chi connectivity index (χ1) is 17.4. The van der Waals surface area contributed by atoms with Crippen molar-refractivity contribution in [2.45, 2.75) is 33.2 Å². The Hall–Kier alpha value is -4.52. The van der Waals surface area contributed by atoms with Crippen LogP contribution in [0.5, 0.6) is 0 Å². The molecule has 0 radical (unpaired) electrons. The average molecular weight is 479 g/mol. The second kappa shape index (κ2) is 11.3. The SMILES string of the molecule is CC(=NNc1ccc(C(C)C)cc1)c1nc(-c2cccc(C(=O)NCc3ccccc3)c2)cnc1N. The molecule has 36 heavy (non-hydrogen) atoms. The summed E-state index contributed by atoms with van der Waals surface area (Å²) in [5.41, 5.74) is 15.3. The number of nitrogens with zero attached hydrogens (tertiary/aromatic N) is 3. The Labute approximate surface area is 211 Å². The van der Waals surface area contributed by atoms with E-state index in [4.69, 9.17) is 10.7 Å². The third-order valence-electron chi connectivity index (χ3n) is 5.79. The minimum Gasteiger partial charge on any atom is -0.382 e. The number of rotatable bonds is 8. The lowest BCUT2D eigenvalue weighted by atomic mass is 10.0. The lowest BCUT2D eigenvalue weighted by Gasteiger charge is -2.10. The van der Waals surface area contributed by atoms with Gasteiger partial charge in [-0.05, 0) is 48.2 Å². The van der Waals surface area contributed by atoms with Crippen LogP contribution >= 0.6 is 0 Å². The first-order valence-corrected chi connectivity index (χ1v) is 11.9. The fourth-order valence-corrected chi connectivity index (χ4v) is 3.65. The van der Waals surface area contributed by atoms with E-state index < -0.39 is 0 Å². The van der Waals surface area contributed by atoms with Crippen LogP contribution < -0.4 is 16.5 Å². The highest BCUT2D eigenvalue weighted by atomic mass is 16.1. The van der Waals surface area contributed by atoms with Crippen molar-refractivity contribution in [2.24, 2.45) is 5.10 Å². The van der Waals surface area contributed by atoms with Crippen LogP contribution in [0.1, 0.15) is 53.9 Å². The molecule has 3 aromatic carbocycles. The lowest BCUT2D eigenvalue weighted by Crippen LogP contribution is -2.22.